The zero-order valence-electron chi connectivity index (χ0n) is 16.6. The predicted octanol–water partition coefficient (Wildman–Crippen LogP) is 2.60. The topological polar surface area (TPSA) is 90.8 Å². The Morgan fingerprint density at radius 1 is 1.35 bits per heavy atom. The summed E-state index contributed by atoms with van der Waals surface area (Å²) in [7, 11) is -1.99. The molecule has 1 amide bonds. The molecule has 0 spiro atoms. The fourth-order valence-corrected chi connectivity index (χ4v) is 6.94. The van der Waals surface area contributed by atoms with Crippen LogP contribution < -0.4 is 0 Å². The van der Waals surface area contributed by atoms with Crippen molar-refractivity contribution < 1.29 is 22.7 Å². The molecule has 4 rings (SSSR count). The Labute approximate surface area is 192 Å². The van der Waals surface area contributed by atoms with Gasteiger partial charge in [-0.25, -0.2) is 12.8 Å². The highest BCUT2D eigenvalue weighted by molar-refractivity contribution is 9.10. The number of carbonyl (C=O) groups excluding carboxylic acids is 1. The van der Waals surface area contributed by atoms with Crippen LogP contribution >= 0.6 is 27.5 Å². The third kappa shape index (κ3) is 3.83. The first-order chi connectivity index (χ1) is 14.5. The van der Waals surface area contributed by atoms with Crippen molar-refractivity contribution >= 4 is 43.3 Å². The van der Waals surface area contributed by atoms with Gasteiger partial charge in [0.15, 0.2) is 9.84 Å². The second kappa shape index (κ2) is 7.99. The van der Waals surface area contributed by atoms with Crippen molar-refractivity contribution in [2.45, 2.75) is 22.0 Å². The van der Waals surface area contributed by atoms with Crippen molar-refractivity contribution in [2.24, 2.45) is 0 Å². The van der Waals surface area contributed by atoms with Crippen LogP contribution in [0.2, 0.25) is 5.02 Å². The third-order valence-electron chi connectivity index (χ3n) is 5.84. The van der Waals surface area contributed by atoms with Crippen LogP contribution in [0, 0.1) is 5.82 Å². The molecule has 2 aliphatic rings. The minimum absolute atomic E-state index is 0.0119. The number of amides is 1. The standard InChI is InChI=1S/C20H20BrClFN3O4S/c1-25-10-20(11-25,18-16(23)6-12(21)8-24-18)19(28)26-5-4-14(9-26)31(29,30)17-3-2-13(27)7-15(17)22/h2-3,6-8,14,27H,4-5,9-11H2,1H3. The maximum atomic E-state index is 14.7. The fourth-order valence-electron chi connectivity index (χ4n) is 4.40. The van der Waals surface area contributed by atoms with Crippen LogP contribution in [0.5, 0.6) is 5.75 Å². The summed E-state index contributed by atoms with van der Waals surface area (Å²) in [5.74, 6) is -1.03. The highest BCUT2D eigenvalue weighted by Gasteiger charge is 2.55. The Kier molecular flexibility index (Phi) is 5.78. The zero-order chi connectivity index (χ0) is 22.6. The predicted molar refractivity (Wildman–Crippen MR) is 116 cm³/mol. The fraction of sp³-hybridized carbons (Fsp3) is 0.400. The molecule has 2 aromatic rings. The molecule has 7 nitrogen and oxygen atoms in total. The third-order valence-corrected chi connectivity index (χ3v) is 8.93. The summed E-state index contributed by atoms with van der Waals surface area (Å²) in [4.78, 5) is 20.9. The molecule has 0 saturated carbocycles. The van der Waals surface area contributed by atoms with Gasteiger partial charge in [0.25, 0.3) is 0 Å². The average Bonchev–Trinajstić information content (AvgIpc) is 3.16. The number of aromatic hydroxyl groups is 1. The van der Waals surface area contributed by atoms with Crippen molar-refractivity contribution in [2.75, 3.05) is 33.2 Å². The molecule has 1 atom stereocenters. The number of phenolic OH excluding ortho intramolecular Hbond substituents is 1. The highest BCUT2D eigenvalue weighted by Crippen LogP contribution is 2.38. The summed E-state index contributed by atoms with van der Waals surface area (Å²) in [6.45, 7) is 0.828. The Balaban J connectivity index is 1.60. The monoisotopic (exact) mass is 531 g/mol. The number of benzene rings is 1. The van der Waals surface area contributed by atoms with Gasteiger partial charge in [-0.3, -0.25) is 9.78 Å². The van der Waals surface area contributed by atoms with Crippen molar-refractivity contribution in [3.63, 3.8) is 0 Å². The number of aromatic nitrogens is 1. The number of hydrogen-bond donors (Lipinski definition) is 1. The van der Waals surface area contributed by atoms with Gasteiger partial charge < -0.3 is 14.9 Å². The first-order valence-electron chi connectivity index (χ1n) is 9.56. The lowest BCUT2D eigenvalue weighted by atomic mass is 9.75. The molecular formula is C20H20BrClFN3O4S. The first-order valence-corrected chi connectivity index (χ1v) is 12.3. The summed E-state index contributed by atoms with van der Waals surface area (Å²) < 4.78 is 41.4. The number of phenols is 1. The van der Waals surface area contributed by atoms with Gasteiger partial charge in [0.1, 0.15) is 17.0 Å². The van der Waals surface area contributed by atoms with Crippen LogP contribution in [0.1, 0.15) is 12.1 Å². The number of hydrogen-bond acceptors (Lipinski definition) is 6. The molecule has 31 heavy (non-hydrogen) atoms. The molecule has 0 radical (unpaired) electrons. The Morgan fingerprint density at radius 3 is 2.68 bits per heavy atom. The van der Waals surface area contributed by atoms with Crippen molar-refractivity contribution in [3.8, 4) is 5.75 Å². The molecule has 1 aromatic carbocycles. The van der Waals surface area contributed by atoms with E-state index in [9.17, 15) is 22.7 Å². The summed E-state index contributed by atoms with van der Waals surface area (Å²) in [6, 6.07) is 4.98. The summed E-state index contributed by atoms with van der Waals surface area (Å²) in [5, 5.41) is 8.60. The Hall–Kier alpha value is -1.75. The minimum Gasteiger partial charge on any atom is -0.508 e. The molecule has 3 heterocycles. The number of rotatable bonds is 4. The van der Waals surface area contributed by atoms with Crippen LogP contribution in [0.3, 0.4) is 0 Å². The lowest BCUT2D eigenvalue weighted by molar-refractivity contribution is -0.143. The van der Waals surface area contributed by atoms with Crippen LogP contribution in [0.15, 0.2) is 39.8 Å². The number of likely N-dealkylation sites (tertiary alicyclic amines) is 2. The quantitative estimate of drug-likeness (QED) is 0.651. The number of likely N-dealkylation sites (N-methyl/N-ethyl adjacent to an activating group) is 1. The van der Waals surface area contributed by atoms with E-state index in [1.165, 1.54) is 35.4 Å². The largest absolute Gasteiger partial charge is 0.508 e. The summed E-state index contributed by atoms with van der Waals surface area (Å²) in [6.07, 6.45) is 1.70. The Bertz CT molecular complexity index is 1160. The van der Waals surface area contributed by atoms with Gasteiger partial charge in [0, 0.05) is 36.8 Å². The summed E-state index contributed by atoms with van der Waals surface area (Å²) >= 11 is 9.22. The highest BCUT2D eigenvalue weighted by atomic mass is 79.9. The second-order valence-electron chi connectivity index (χ2n) is 8.06. The number of nitrogens with zero attached hydrogens (tertiary/aromatic N) is 3. The van der Waals surface area contributed by atoms with Crippen molar-refractivity contribution in [1.82, 2.24) is 14.8 Å². The molecule has 2 saturated heterocycles. The van der Waals surface area contributed by atoms with Crippen LogP contribution in [0.25, 0.3) is 0 Å². The first kappa shape index (κ1) is 22.4. The van der Waals surface area contributed by atoms with E-state index in [1.807, 2.05) is 11.9 Å². The molecule has 166 valence electrons. The molecule has 0 aliphatic carbocycles. The van der Waals surface area contributed by atoms with Crippen molar-refractivity contribution in [3.05, 3.63) is 51.5 Å². The lowest BCUT2D eigenvalue weighted by Gasteiger charge is -2.48. The minimum atomic E-state index is -3.82. The molecule has 2 fully saturated rings. The number of carbonyl (C=O) groups is 1. The van der Waals surface area contributed by atoms with Gasteiger partial charge in [-0.15, -0.1) is 0 Å². The maximum Gasteiger partial charge on any atom is 0.237 e. The van der Waals surface area contributed by atoms with E-state index in [0.29, 0.717) is 17.6 Å². The molecule has 1 unspecified atom stereocenters. The van der Waals surface area contributed by atoms with Crippen LogP contribution in [-0.2, 0) is 20.0 Å². The van der Waals surface area contributed by atoms with Crippen LogP contribution in [0.4, 0.5) is 4.39 Å². The number of halogens is 3. The van der Waals surface area contributed by atoms with Gasteiger partial charge in [-0.2, -0.15) is 0 Å². The van der Waals surface area contributed by atoms with E-state index in [2.05, 4.69) is 20.9 Å². The summed E-state index contributed by atoms with van der Waals surface area (Å²) in [5.41, 5.74) is -1.07. The van der Waals surface area contributed by atoms with E-state index in [4.69, 9.17) is 11.6 Å². The number of pyridine rings is 1. The molecule has 1 aromatic heterocycles. The van der Waals surface area contributed by atoms with E-state index >= 15 is 0 Å². The zero-order valence-corrected chi connectivity index (χ0v) is 19.7. The maximum absolute atomic E-state index is 14.7. The van der Waals surface area contributed by atoms with Gasteiger partial charge in [0.2, 0.25) is 5.91 Å². The van der Waals surface area contributed by atoms with E-state index in [-0.39, 0.29) is 46.8 Å². The normalized spacial score (nSPS) is 21.2. The van der Waals surface area contributed by atoms with E-state index in [1.54, 1.807) is 0 Å². The molecule has 0 bridgehead atoms. The van der Waals surface area contributed by atoms with Gasteiger partial charge in [-0.05, 0) is 53.7 Å². The lowest BCUT2D eigenvalue weighted by Crippen LogP contribution is -2.66. The van der Waals surface area contributed by atoms with E-state index < -0.39 is 26.3 Å². The second-order valence-corrected chi connectivity index (χ2v) is 11.6. The SMILES string of the molecule is CN1CC(C(=O)N2CCC(S(=O)(=O)c3ccc(O)cc3Cl)C2)(c2ncc(Br)cc2F)C1. The number of sulfone groups is 1. The van der Waals surface area contributed by atoms with Crippen molar-refractivity contribution in [1.29, 1.82) is 0 Å². The van der Waals surface area contributed by atoms with E-state index in [0.717, 1.165) is 0 Å². The van der Waals surface area contributed by atoms with Gasteiger partial charge in [-0.1, -0.05) is 11.6 Å². The molecular weight excluding hydrogens is 513 g/mol. The van der Waals surface area contributed by atoms with Gasteiger partial charge in [0.05, 0.1) is 20.9 Å². The van der Waals surface area contributed by atoms with Crippen LogP contribution in [-0.4, -0.2) is 72.7 Å². The average molecular weight is 533 g/mol. The molecule has 1 N–H and O–H groups in total. The Morgan fingerprint density at radius 2 is 2.06 bits per heavy atom. The molecule has 2 aliphatic heterocycles. The smallest absolute Gasteiger partial charge is 0.237 e. The van der Waals surface area contributed by atoms with Gasteiger partial charge >= 0.3 is 0 Å². The molecule has 11 heteroatoms.